The van der Waals surface area contributed by atoms with E-state index in [1.807, 2.05) is 34.6 Å². The summed E-state index contributed by atoms with van der Waals surface area (Å²) in [7, 11) is 1.58. The van der Waals surface area contributed by atoms with Gasteiger partial charge in [-0.2, -0.15) is 0 Å². The van der Waals surface area contributed by atoms with Crippen molar-refractivity contribution >= 4 is 17.2 Å². The molecule has 1 atom stereocenters. The van der Waals surface area contributed by atoms with Gasteiger partial charge >= 0.3 is 0 Å². The quantitative estimate of drug-likeness (QED) is 0.748. The molecule has 1 amide bonds. The molecule has 140 valence electrons. The largest absolute Gasteiger partial charge is 0.375 e. The molecule has 0 aromatic carbocycles. The van der Waals surface area contributed by atoms with Crippen LogP contribution in [0.2, 0.25) is 0 Å². The van der Waals surface area contributed by atoms with Crippen LogP contribution in [-0.2, 0) is 22.6 Å². The van der Waals surface area contributed by atoms with Gasteiger partial charge in [-0.05, 0) is 50.1 Å². The highest BCUT2D eigenvalue weighted by molar-refractivity contribution is 7.11. The zero-order valence-electron chi connectivity index (χ0n) is 15.6. The van der Waals surface area contributed by atoms with E-state index in [9.17, 15) is 4.79 Å². The molecular weight excluding hydrogens is 346 g/mol. The van der Waals surface area contributed by atoms with Crippen LogP contribution in [0.3, 0.4) is 0 Å². The minimum Gasteiger partial charge on any atom is -0.375 e. The van der Waals surface area contributed by atoms with E-state index in [0.29, 0.717) is 6.54 Å². The number of piperidine rings is 1. The third-order valence-corrected chi connectivity index (χ3v) is 5.75. The smallest absolute Gasteiger partial charge is 0.249 e. The first-order valence-electron chi connectivity index (χ1n) is 9.10. The molecule has 3 heterocycles. The van der Waals surface area contributed by atoms with Crippen LogP contribution in [0.4, 0.5) is 0 Å². The maximum absolute atomic E-state index is 12.7. The predicted octanol–water partition coefficient (Wildman–Crippen LogP) is 3.09. The fourth-order valence-electron chi connectivity index (χ4n) is 3.54. The predicted molar refractivity (Wildman–Crippen MR) is 104 cm³/mol. The first kappa shape index (κ1) is 19.0. The Morgan fingerprint density at radius 1 is 1.42 bits per heavy atom. The van der Waals surface area contributed by atoms with Crippen molar-refractivity contribution in [3.63, 3.8) is 0 Å². The summed E-state index contributed by atoms with van der Waals surface area (Å²) in [5.41, 5.74) is 1.06. The number of pyridine rings is 1. The molecule has 6 heteroatoms. The van der Waals surface area contributed by atoms with Crippen molar-refractivity contribution < 1.29 is 9.53 Å². The zero-order chi connectivity index (χ0) is 18.4. The van der Waals surface area contributed by atoms with E-state index in [2.05, 4.69) is 28.9 Å². The van der Waals surface area contributed by atoms with Crippen LogP contribution in [0.1, 0.15) is 28.2 Å². The highest BCUT2D eigenvalue weighted by atomic mass is 32.1. The van der Waals surface area contributed by atoms with Gasteiger partial charge in [0.15, 0.2) is 0 Å². The summed E-state index contributed by atoms with van der Waals surface area (Å²) >= 11 is 1.86. The van der Waals surface area contributed by atoms with Gasteiger partial charge in [-0.25, -0.2) is 0 Å². The van der Waals surface area contributed by atoms with Crippen molar-refractivity contribution in [3.05, 3.63) is 52.0 Å². The number of methoxy groups -OCH3 is 1. The number of aromatic nitrogens is 1. The van der Waals surface area contributed by atoms with E-state index in [1.54, 1.807) is 13.3 Å². The lowest BCUT2D eigenvalue weighted by molar-refractivity contribution is -0.139. The minimum absolute atomic E-state index is 0.0511. The number of amides is 1. The van der Waals surface area contributed by atoms with E-state index in [0.717, 1.165) is 38.0 Å². The maximum atomic E-state index is 12.7. The van der Waals surface area contributed by atoms with Crippen LogP contribution in [-0.4, -0.2) is 53.5 Å². The van der Waals surface area contributed by atoms with Gasteiger partial charge < -0.3 is 9.64 Å². The maximum Gasteiger partial charge on any atom is 0.249 e. The number of likely N-dealkylation sites (tertiary alicyclic amines) is 1. The molecule has 0 bridgehead atoms. The van der Waals surface area contributed by atoms with Crippen molar-refractivity contribution in [2.75, 3.05) is 26.8 Å². The second kappa shape index (κ2) is 9.26. The number of nitrogens with zero attached hydrogens (tertiary/aromatic N) is 3. The number of rotatable bonds is 7. The van der Waals surface area contributed by atoms with E-state index < -0.39 is 0 Å². The first-order valence-corrected chi connectivity index (χ1v) is 9.92. The van der Waals surface area contributed by atoms with Gasteiger partial charge in [0.25, 0.3) is 0 Å². The van der Waals surface area contributed by atoms with Gasteiger partial charge in [-0.1, -0.05) is 6.07 Å². The Bertz CT molecular complexity index is 704. The number of ether oxygens (including phenoxy) is 1. The number of thiophene rings is 1. The summed E-state index contributed by atoms with van der Waals surface area (Å²) in [5, 5.41) is 0. The first-order chi connectivity index (χ1) is 12.7. The molecule has 0 spiro atoms. The van der Waals surface area contributed by atoms with Gasteiger partial charge in [0.1, 0.15) is 6.61 Å². The lowest BCUT2D eigenvalue weighted by Crippen LogP contribution is -2.50. The zero-order valence-corrected chi connectivity index (χ0v) is 16.4. The molecule has 26 heavy (non-hydrogen) atoms. The number of hydrogen-bond acceptors (Lipinski definition) is 5. The van der Waals surface area contributed by atoms with Crippen molar-refractivity contribution in [3.8, 4) is 0 Å². The Labute approximate surface area is 159 Å². The third-order valence-electron chi connectivity index (χ3n) is 4.76. The highest BCUT2D eigenvalue weighted by Gasteiger charge is 2.28. The fraction of sp³-hybridized carbons (Fsp3) is 0.500. The van der Waals surface area contributed by atoms with Crippen LogP contribution < -0.4 is 0 Å². The summed E-state index contributed by atoms with van der Waals surface area (Å²) in [6.45, 7) is 5.83. The molecule has 2 aromatic rings. The Hall–Kier alpha value is -1.76. The Morgan fingerprint density at radius 2 is 2.31 bits per heavy atom. The van der Waals surface area contributed by atoms with Gasteiger partial charge in [-0.15, -0.1) is 11.3 Å². The number of aryl methyl sites for hydroxylation is 1. The third kappa shape index (κ3) is 5.13. The average Bonchev–Trinajstić information content (AvgIpc) is 3.05. The van der Waals surface area contributed by atoms with E-state index in [4.69, 9.17) is 4.74 Å². The van der Waals surface area contributed by atoms with Crippen LogP contribution in [0.5, 0.6) is 0 Å². The second-order valence-electron chi connectivity index (χ2n) is 6.86. The number of carbonyl (C=O) groups is 1. The molecule has 1 fully saturated rings. The van der Waals surface area contributed by atoms with Gasteiger partial charge in [0.2, 0.25) is 5.91 Å². The molecule has 3 rings (SSSR count). The van der Waals surface area contributed by atoms with Crippen LogP contribution in [0.15, 0.2) is 36.7 Å². The normalized spacial score (nSPS) is 18.0. The van der Waals surface area contributed by atoms with Crippen molar-refractivity contribution in [1.82, 2.24) is 14.8 Å². The monoisotopic (exact) mass is 373 g/mol. The van der Waals surface area contributed by atoms with Crippen molar-refractivity contribution in [1.29, 1.82) is 0 Å². The van der Waals surface area contributed by atoms with Crippen LogP contribution in [0, 0.1) is 6.92 Å². The number of hydrogen-bond donors (Lipinski definition) is 0. The molecule has 2 aromatic heterocycles. The van der Waals surface area contributed by atoms with E-state index in [-0.39, 0.29) is 18.6 Å². The molecule has 1 aliphatic heterocycles. The lowest BCUT2D eigenvalue weighted by Gasteiger charge is -2.39. The van der Waals surface area contributed by atoms with Crippen LogP contribution in [0.25, 0.3) is 0 Å². The van der Waals surface area contributed by atoms with Gasteiger partial charge in [0.05, 0.1) is 0 Å². The second-order valence-corrected chi connectivity index (χ2v) is 8.23. The Kier molecular flexibility index (Phi) is 6.77. The van der Waals surface area contributed by atoms with Crippen LogP contribution >= 0.6 is 11.3 Å². The molecule has 1 aliphatic rings. The molecule has 0 saturated carbocycles. The molecule has 1 saturated heterocycles. The SMILES string of the molecule is COCC(=O)N(Cc1cccnc1)C1CCCN(Cc2ccc(C)s2)C1. The minimum atomic E-state index is 0.0511. The molecule has 0 N–H and O–H groups in total. The summed E-state index contributed by atoms with van der Waals surface area (Å²) in [5.74, 6) is 0.0511. The topological polar surface area (TPSA) is 45.7 Å². The standard InChI is InChI=1S/C20H27N3O2S/c1-16-7-8-19(26-16)14-22-10-4-6-18(13-22)23(20(24)15-25-2)12-17-5-3-9-21-11-17/h3,5,7-9,11,18H,4,6,10,12-15H2,1-2H3. The summed E-state index contributed by atoms with van der Waals surface area (Å²) in [6.07, 6.45) is 5.74. The summed E-state index contributed by atoms with van der Waals surface area (Å²) in [6, 6.07) is 8.55. The molecule has 0 radical (unpaired) electrons. The highest BCUT2D eigenvalue weighted by Crippen LogP contribution is 2.23. The van der Waals surface area contributed by atoms with Gasteiger partial charge in [-0.3, -0.25) is 14.7 Å². The molecular formula is C20H27N3O2S. The molecule has 1 unspecified atom stereocenters. The van der Waals surface area contributed by atoms with E-state index >= 15 is 0 Å². The summed E-state index contributed by atoms with van der Waals surface area (Å²) in [4.78, 5) is 24.1. The van der Waals surface area contributed by atoms with Crippen molar-refractivity contribution in [2.45, 2.75) is 38.9 Å². The molecule has 0 aliphatic carbocycles. The van der Waals surface area contributed by atoms with Crippen molar-refractivity contribution in [2.24, 2.45) is 0 Å². The number of carbonyl (C=O) groups excluding carboxylic acids is 1. The van der Waals surface area contributed by atoms with E-state index in [1.165, 1.54) is 9.75 Å². The molecule has 5 nitrogen and oxygen atoms in total. The summed E-state index contributed by atoms with van der Waals surface area (Å²) < 4.78 is 5.12. The Morgan fingerprint density at radius 3 is 3.00 bits per heavy atom. The van der Waals surface area contributed by atoms with Gasteiger partial charge in [0, 0.05) is 54.9 Å². The fourth-order valence-corrected chi connectivity index (χ4v) is 4.47. The average molecular weight is 374 g/mol. The lowest BCUT2D eigenvalue weighted by atomic mass is 10.0. The Balaban J connectivity index is 1.69.